The Morgan fingerprint density at radius 1 is 0.964 bits per heavy atom. The topological polar surface area (TPSA) is 39.9 Å². The Labute approximate surface area is 157 Å². The highest BCUT2D eigenvalue weighted by atomic mass is 19.4. The second-order valence-electron chi connectivity index (χ2n) is 6.05. The monoisotopic (exact) mass is 387 g/mol. The van der Waals surface area contributed by atoms with Crippen molar-refractivity contribution < 1.29 is 22.3 Å². The summed E-state index contributed by atoms with van der Waals surface area (Å²) in [5, 5.41) is 3.91. The van der Waals surface area contributed by atoms with Gasteiger partial charge in [0.15, 0.2) is 5.65 Å². The predicted molar refractivity (Wildman–Crippen MR) is 95.8 cm³/mol. The number of pyridine rings is 1. The summed E-state index contributed by atoms with van der Waals surface area (Å²) in [6.07, 6.45) is -3.47. The third-order valence-electron chi connectivity index (χ3n) is 4.30. The van der Waals surface area contributed by atoms with Crippen molar-refractivity contribution in [3.05, 3.63) is 72.2 Å². The molecule has 0 aliphatic heterocycles. The van der Waals surface area contributed by atoms with Gasteiger partial charge in [-0.3, -0.25) is 0 Å². The molecule has 0 aliphatic carbocycles. The second-order valence-corrected chi connectivity index (χ2v) is 6.05. The standard InChI is InChI=1S/C20H13F4N3O/c1-28-15-8-2-12(3-9-15)18-10-17(20(22,23)24)16-11-25-27(19(16)26-18)14-6-4-13(21)5-7-14/h2-11H,1H3. The number of hydrogen-bond acceptors (Lipinski definition) is 3. The third kappa shape index (κ3) is 3.17. The van der Waals surface area contributed by atoms with Crippen LogP contribution in [0.2, 0.25) is 0 Å². The molecule has 0 amide bonds. The highest BCUT2D eigenvalue weighted by molar-refractivity contribution is 5.84. The second kappa shape index (κ2) is 6.63. The van der Waals surface area contributed by atoms with E-state index in [0.717, 1.165) is 12.3 Å². The van der Waals surface area contributed by atoms with Gasteiger partial charge in [0.2, 0.25) is 0 Å². The molecule has 0 radical (unpaired) electrons. The molecule has 0 aliphatic rings. The number of halogens is 4. The van der Waals surface area contributed by atoms with E-state index in [-0.39, 0.29) is 16.7 Å². The molecule has 142 valence electrons. The first-order valence-corrected chi connectivity index (χ1v) is 8.23. The minimum absolute atomic E-state index is 0.0345. The van der Waals surface area contributed by atoms with Gasteiger partial charge in [-0.1, -0.05) is 0 Å². The van der Waals surface area contributed by atoms with Crippen LogP contribution in [0, 0.1) is 5.82 Å². The van der Waals surface area contributed by atoms with Crippen LogP contribution < -0.4 is 4.74 Å². The Morgan fingerprint density at radius 3 is 2.25 bits per heavy atom. The summed E-state index contributed by atoms with van der Waals surface area (Å²) in [7, 11) is 1.50. The molecule has 28 heavy (non-hydrogen) atoms. The van der Waals surface area contributed by atoms with Crippen molar-refractivity contribution in [2.75, 3.05) is 7.11 Å². The van der Waals surface area contributed by atoms with Gasteiger partial charge in [-0.05, 0) is 54.6 Å². The van der Waals surface area contributed by atoms with Crippen LogP contribution in [0.1, 0.15) is 5.56 Å². The van der Waals surface area contributed by atoms with E-state index in [4.69, 9.17) is 4.74 Å². The molecule has 0 fully saturated rings. The number of fused-ring (bicyclic) bond motifs is 1. The van der Waals surface area contributed by atoms with Crippen LogP contribution >= 0.6 is 0 Å². The quantitative estimate of drug-likeness (QED) is 0.451. The fraction of sp³-hybridized carbons (Fsp3) is 0.100. The lowest BCUT2D eigenvalue weighted by Crippen LogP contribution is -2.07. The zero-order chi connectivity index (χ0) is 19.9. The van der Waals surface area contributed by atoms with Crippen LogP contribution in [-0.4, -0.2) is 21.9 Å². The molecule has 2 aromatic carbocycles. The van der Waals surface area contributed by atoms with Gasteiger partial charge in [0.05, 0.1) is 35.6 Å². The minimum Gasteiger partial charge on any atom is -0.497 e. The Morgan fingerprint density at radius 2 is 1.64 bits per heavy atom. The highest BCUT2D eigenvalue weighted by Gasteiger charge is 2.34. The fourth-order valence-corrected chi connectivity index (χ4v) is 2.92. The Hall–Kier alpha value is -3.42. The van der Waals surface area contributed by atoms with E-state index < -0.39 is 17.6 Å². The van der Waals surface area contributed by atoms with Gasteiger partial charge in [-0.2, -0.15) is 18.3 Å². The largest absolute Gasteiger partial charge is 0.497 e. The van der Waals surface area contributed by atoms with Crippen LogP contribution in [0.4, 0.5) is 17.6 Å². The lowest BCUT2D eigenvalue weighted by molar-refractivity contribution is -0.136. The van der Waals surface area contributed by atoms with Crippen LogP contribution in [0.15, 0.2) is 60.8 Å². The number of benzene rings is 2. The van der Waals surface area contributed by atoms with E-state index in [2.05, 4.69) is 10.1 Å². The van der Waals surface area contributed by atoms with E-state index in [1.54, 1.807) is 24.3 Å². The molecule has 0 spiro atoms. The van der Waals surface area contributed by atoms with Crippen LogP contribution in [0.25, 0.3) is 28.0 Å². The van der Waals surface area contributed by atoms with Gasteiger partial charge >= 0.3 is 6.18 Å². The minimum atomic E-state index is -4.58. The molecule has 0 bridgehead atoms. The van der Waals surface area contributed by atoms with Gasteiger partial charge in [0.1, 0.15) is 11.6 Å². The number of aromatic nitrogens is 3. The van der Waals surface area contributed by atoms with E-state index in [1.165, 1.54) is 36.1 Å². The first-order chi connectivity index (χ1) is 13.4. The molecule has 0 N–H and O–H groups in total. The van der Waals surface area contributed by atoms with Gasteiger partial charge in [-0.15, -0.1) is 0 Å². The smallest absolute Gasteiger partial charge is 0.417 e. The predicted octanol–water partition coefficient (Wildman–Crippen LogP) is 5.25. The Balaban J connectivity index is 1.95. The molecule has 0 saturated heterocycles. The summed E-state index contributed by atoms with van der Waals surface area (Å²) in [4.78, 5) is 4.40. The Bertz CT molecular complexity index is 1130. The molecule has 0 unspecified atom stereocenters. The average Bonchev–Trinajstić information content (AvgIpc) is 3.11. The molecule has 2 heterocycles. The normalized spacial score (nSPS) is 11.8. The van der Waals surface area contributed by atoms with E-state index in [0.29, 0.717) is 17.0 Å². The maximum Gasteiger partial charge on any atom is 0.417 e. The zero-order valence-corrected chi connectivity index (χ0v) is 14.5. The summed E-state index contributed by atoms with van der Waals surface area (Å²) >= 11 is 0. The summed E-state index contributed by atoms with van der Waals surface area (Å²) in [6, 6.07) is 12.8. The maximum absolute atomic E-state index is 13.7. The first-order valence-electron chi connectivity index (χ1n) is 8.23. The van der Waals surface area contributed by atoms with Gasteiger partial charge < -0.3 is 4.74 Å². The van der Waals surface area contributed by atoms with Gasteiger partial charge in [0.25, 0.3) is 0 Å². The number of methoxy groups -OCH3 is 1. The van der Waals surface area contributed by atoms with Crippen LogP contribution in [-0.2, 0) is 6.18 Å². The molecule has 4 nitrogen and oxygen atoms in total. The SMILES string of the molecule is COc1ccc(-c2cc(C(F)(F)F)c3cnn(-c4ccc(F)cc4)c3n2)cc1. The number of alkyl halides is 3. The molecule has 4 aromatic rings. The van der Waals surface area contributed by atoms with Gasteiger partial charge in [0, 0.05) is 5.56 Å². The number of hydrogen-bond donors (Lipinski definition) is 0. The summed E-state index contributed by atoms with van der Waals surface area (Å²) < 4.78 is 60.5. The highest BCUT2D eigenvalue weighted by Crippen LogP contribution is 2.37. The van der Waals surface area contributed by atoms with Crippen molar-refractivity contribution in [2.24, 2.45) is 0 Å². The third-order valence-corrected chi connectivity index (χ3v) is 4.30. The van der Waals surface area contributed by atoms with Crippen molar-refractivity contribution >= 4 is 11.0 Å². The van der Waals surface area contributed by atoms with Crippen molar-refractivity contribution in [2.45, 2.75) is 6.18 Å². The fourth-order valence-electron chi connectivity index (χ4n) is 2.92. The van der Waals surface area contributed by atoms with Gasteiger partial charge in [-0.25, -0.2) is 14.1 Å². The van der Waals surface area contributed by atoms with E-state index in [1.807, 2.05) is 0 Å². The van der Waals surface area contributed by atoms with Crippen molar-refractivity contribution in [3.63, 3.8) is 0 Å². The number of ether oxygens (including phenoxy) is 1. The summed E-state index contributed by atoms with van der Waals surface area (Å²) in [6.45, 7) is 0. The Kier molecular flexibility index (Phi) is 4.26. The van der Waals surface area contributed by atoms with E-state index in [9.17, 15) is 17.6 Å². The molecule has 0 saturated carbocycles. The van der Waals surface area contributed by atoms with Crippen LogP contribution in [0.3, 0.4) is 0 Å². The number of nitrogens with zero attached hydrogens (tertiary/aromatic N) is 3. The molecular weight excluding hydrogens is 374 g/mol. The zero-order valence-electron chi connectivity index (χ0n) is 14.5. The van der Waals surface area contributed by atoms with Crippen molar-refractivity contribution in [1.29, 1.82) is 0 Å². The first kappa shape index (κ1) is 18.0. The van der Waals surface area contributed by atoms with E-state index >= 15 is 0 Å². The van der Waals surface area contributed by atoms with Crippen LogP contribution in [0.5, 0.6) is 5.75 Å². The summed E-state index contributed by atoms with van der Waals surface area (Å²) in [5.74, 6) is 0.125. The molecule has 4 rings (SSSR count). The molecule has 0 atom stereocenters. The average molecular weight is 387 g/mol. The van der Waals surface area contributed by atoms with Crippen molar-refractivity contribution in [3.8, 4) is 22.7 Å². The van der Waals surface area contributed by atoms with Crippen molar-refractivity contribution in [1.82, 2.24) is 14.8 Å². The maximum atomic E-state index is 13.7. The lowest BCUT2D eigenvalue weighted by atomic mass is 10.1. The molecule has 8 heteroatoms. The molecular formula is C20H13F4N3O. The molecule has 2 aromatic heterocycles. The summed E-state index contributed by atoms with van der Waals surface area (Å²) in [5.41, 5.74) is 0.249. The lowest BCUT2D eigenvalue weighted by Gasteiger charge is -2.12. The number of rotatable bonds is 3.